The number of nitrogens with one attached hydrogen (secondary N) is 1. The van der Waals surface area contributed by atoms with Gasteiger partial charge in [0.05, 0.1) is 17.9 Å². The second-order valence-corrected chi connectivity index (χ2v) is 5.49. The van der Waals surface area contributed by atoms with Crippen molar-refractivity contribution >= 4 is 11.4 Å². The molecule has 1 aliphatic rings. The molecule has 1 aliphatic carbocycles. The van der Waals surface area contributed by atoms with E-state index in [1.54, 1.807) is 12.1 Å². The topological polar surface area (TPSA) is 82.1 Å². The third-order valence-corrected chi connectivity index (χ3v) is 4.07. The zero-order valence-corrected chi connectivity index (χ0v) is 11.2. The van der Waals surface area contributed by atoms with Gasteiger partial charge in [-0.05, 0) is 31.0 Å². The molecule has 0 atom stereocenters. The van der Waals surface area contributed by atoms with Crippen molar-refractivity contribution in [2.24, 2.45) is 5.41 Å². The molecule has 1 saturated carbocycles. The maximum Gasteiger partial charge on any atom is 0.101 e. The summed E-state index contributed by atoms with van der Waals surface area (Å²) in [7, 11) is 0. The molecular formula is C15H21N3O. The van der Waals surface area contributed by atoms with Crippen LogP contribution >= 0.6 is 0 Å². The lowest BCUT2D eigenvalue weighted by Gasteiger charge is -2.36. The van der Waals surface area contributed by atoms with Crippen LogP contribution in [0.3, 0.4) is 0 Å². The van der Waals surface area contributed by atoms with Crippen LogP contribution in [0.25, 0.3) is 0 Å². The molecule has 0 aliphatic heterocycles. The van der Waals surface area contributed by atoms with Crippen molar-refractivity contribution < 1.29 is 5.11 Å². The summed E-state index contributed by atoms with van der Waals surface area (Å²) in [5.74, 6) is 0. The maximum absolute atomic E-state index is 9.67. The smallest absolute Gasteiger partial charge is 0.101 e. The van der Waals surface area contributed by atoms with Crippen molar-refractivity contribution in [3.63, 3.8) is 0 Å². The van der Waals surface area contributed by atoms with Gasteiger partial charge in [-0.3, -0.25) is 0 Å². The zero-order valence-electron chi connectivity index (χ0n) is 11.2. The molecule has 0 spiro atoms. The molecule has 0 amide bonds. The van der Waals surface area contributed by atoms with E-state index < -0.39 is 0 Å². The number of nitrogen functional groups attached to an aromatic ring is 1. The van der Waals surface area contributed by atoms with Crippen LogP contribution in [-0.2, 0) is 0 Å². The molecule has 1 aromatic carbocycles. The Morgan fingerprint density at radius 2 is 2.05 bits per heavy atom. The largest absolute Gasteiger partial charge is 0.399 e. The predicted molar refractivity (Wildman–Crippen MR) is 76.7 cm³/mol. The number of hydrogen-bond donors (Lipinski definition) is 3. The molecule has 0 aromatic heterocycles. The minimum absolute atomic E-state index is 0.0354. The third kappa shape index (κ3) is 3.18. The van der Waals surface area contributed by atoms with E-state index in [1.165, 1.54) is 19.3 Å². The molecule has 0 bridgehead atoms. The van der Waals surface area contributed by atoms with Gasteiger partial charge in [0.2, 0.25) is 0 Å². The van der Waals surface area contributed by atoms with E-state index in [-0.39, 0.29) is 12.0 Å². The van der Waals surface area contributed by atoms with Crippen LogP contribution in [0.1, 0.15) is 37.7 Å². The standard InChI is InChI=1S/C15H21N3O/c16-9-12-8-13(17)4-5-14(12)18-10-15(11-19)6-2-1-3-7-15/h4-5,8,18-19H,1-3,6-7,10-11,17H2. The molecule has 0 saturated heterocycles. The number of rotatable bonds is 4. The first-order valence-corrected chi connectivity index (χ1v) is 6.83. The average molecular weight is 259 g/mol. The van der Waals surface area contributed by atoms with Gasteiger partial charge >= 0.3 is 0 Å². The number of aliphatic hydroxyl groups is 1. The number of anilines is 2. The summed E-state index contributed by atoms with van der Waals surface area (Å²) in [6.45, 7) is 0.916. The molecule has 0 unspecified atom stereocenters. The first kappa shape index (κ1) is 13.7. The van der Waals surface area contributed by atoms with Crippen LogP contribution in [0.15, 0.2) is 18.2 Å². The fraction of sp³-hybridized carbons (Fsp3) is 0.533. The highest BCUT2D eigenvalue weighted by Crippen LogP contribution is 2.36. The molecule has 19 heavy (non-hydrogen) atoms. The van der Waals surface area contributed by atoms with Gasteiger partial charge < -0.3 is 16.2 Å². The minimum Gasteiger partial charge on any atom is -0.399 e. The number of nitrogens with two attached hydrogens (primary N) is 1. The maximum atomic E-state index is 9.67. The lowest BCUT2D eigenvalue weighted by molar-refractivity contribution is 0.0944. The molecule has 0 heterocycles. The van der Waals surface area contributed by atoms with Gasteiger partial charge in [-0.1, -0.05) is 19.3 Å². The quantitative estimate of drug-likeness (QED) is 0.725. The summed E-state index contributed by atoms with van der Waals surface area (Å²) in [5.41, 5.74) is 7.59. The molecule has 4 N–H and O–H groups in total. The fourth-order valence-corrected chi connectivity index (χ4v) is 2.78. The van der Waals surface area contributed by atoms with Gasteiger partial charge in [-0.15, -0.1) is 0 Å². The first-order chi connectivity index (χ1) is 9.19. The Morgan fingerprint density at radius 3 is 2.68 bits per heavy atom. The van der Waals surface area contributed by atoms with Crippen LogP contribution in [-0.4, -0.2) is 18.3 Å². The van der Waals surface area contributed by atoms with Crippen LogP contribution in [0.2, 0.25) is 0 Å². The Morgan fingerprint density at radius 1 is 1.32 bits per heavy atom. The lowest BCUT2D eigenvalue weighted by atomic mass is 9.74. The second kappa shape index (κ2) is 5.94. The highest BCUT2D eigenvalue weighted by molar-refractivity contribution is 5.63. The summed E-state index contributed by atoms with van der Waals surface area (Å²) in [4.78, 5) is 0. The number of nitriles is 1. The molecule has 1 fully saturated rings. The summed E-state index contributed by atoms with van der Waals surface area (Å²) >= 11 is 0. The summed E-state index contributed by atoms with van der Waals surface area (Å²) in [6, 6.07) is 7.45. The predicted octanol–water partition coefficient (Wildman–Crippen LogP) is 2.50. The van der Waals surface area contributed by atoms with E-state index in [0.717, 1.165) is 18.5 Å². The normalized spacial score (nSPS) is 17.7. The Labute approximate surface area is 114 Å². The molecule has 1 aromatic rings. The van der Waals surface area contributed by atoms with Crippen molar-refractivity contribution in [3.05, 3.63) is 23.8 Å². The Bertz CT molecular complexity index is 473. The Balaban J connectivity index is 2.07. The summed E-state index contributed by atoms with van der Waals surface area (Å²) in [6.07, 6.45) is 5.71. The van der Waals surface area contributed by atoms with E-state index in [2.05, 4.69) is 11.4 Å². The second-order valence-electron chi connectivity index (χ2n) is 5.49. The van der Waals surface area contributed by atoms with Gasteiger partial charge in [0.1, 0.15) is 6.07 Å². The van der Waals surface area contributed by atoms with Crippen LogP contribution in [0.4, 0.5) is 11.4 Å². The van der Waals surface area contributed by atoms with Gasteiger partial charge in [-0.25, -0.2) is 0 Å². The van der Waals surface area contributed by atoms with Crippen molar-refractivity contribution in [1.82, 2.24) is 0 Å². The monoisotopic (exact) mass is 259 g/mol. The van der Waals surface area contributed by atoms with Gasteiger partial charge in [0.15, 0.2) is 0 Å². The molecule has 102 valence electrons. The van der Waals surface area contributed by atoms with Crippen molar-refractivity contribution in [1.29, 1.82) is 5.26 Å². The lowest BCUT2D eigenvalue weighted by Crippen LogP contribution is -2.35. The molecule has 2 rings (SSSR count). The molecule has 4 heteroatoms. The molecule has 0 radical (unpaired) electrons. The van der Waals surface area contributed by atoms with E-state index in [4.69, 9.17) is 11.0 Å². The Kier molecular flexibility index (Phi) is 4.28. The van der Waals surface area contributed by atoms with Gasteiger partial charge in [-0.2, -0.15) is 5.26 Å². The molecule has 4 nitrogen and oxygen atoms in total. The van der Waals surface area contributed by atoms with E-state index in [0.29, 0.717) is 17.8 Å². The van der Waals surface area contributed by atoms with Crippen LogP contribution < -0.4 is 11.1 Å². The minimum atomic E-state index is -0.0354. The zero-order chi connectivity index (χ0) is 13.7. The number of hydrogen-bond acceptors (Lipinski definition) is 4. The van der Waals surface area contributed by atoms with E-state index >= 15 is 0 Å². The van der Waals surface area contributed by atoms with Crippen LogP contribution in [0.5, 0.6) is 0 Å². The summed E-state index contributed by atoms with van der Waals surface area (Å²) < 4.78 is 0. The first-order valence-electron chi connectivity index (χ1n) is 6.83. The SMILES string of the molecule is N#Cc1cc(N)ccc1NCC1(CO)CCCCC1. The fourth-order valence-electron chi connectivity index (χ4n) is 2.78. The van der Waals surface area contributed by atoms with E-state index in [1.807, 2.05) is 6.07 Å². The summed E-state index contributed by atoms with van der Waals surface area (Å²) in [5, 5.41) is 22.1. The van der Waals surface area contributed by atoms with Crippen molar-refractivity contribution in [2.75, 3.05) is 24.2 Å². The molecular weight excluding hydrogens is 238 g/mol. The highest BCUT2D eigenvalue weighted by Gasteiger charge is 2.31. The van der Waals surface area contributed by atoms with Crippen molar-refractivity contribution in [2.45, 2.75) is 32.1 Å². The third-order valence-electron chi connectivity index (χ3n) is 4.07. The van der Waals surface area contributed by atoms with Crippen molar-refractivity contribution in [3.8, 4) is 6.07 Å². The van der Waals surface area contributed by atoms with Crippen LogP contribution in [0, 0.1) is 16.7 Å². The van der Waals surface area contributed by atoms with Gasteiger partial charge in [0, 0.05) is 17.6 Å². The number of aliphatic hydroxyl groups excluding tert-OH is 1. The average Bonchev–Trinajstić information content (AvgIpc) is 2.47. The number of benzene rings is 1. The highest BCUT2D eigenvalue weighted by atomic mass is 16.3. The number of nitrogens with zero attached hydrogens (tertiary/aromatic N) is 1. The van der Waals surface area contributed by atoms with E-state index in [9.17, 15) is 5.11 Å². The van der Waals surface area contributed by atoms with Gasteiger partial charge in [0.25, 0.3) is 0 Å². The Hall–Kier alpha value is -1.73.